The number of esters is 1. The minimum atomic E-state index is -0.506. The molecule has 0 bridgehead atoms. The molecule has 1 heterocycles. The molecule has 0 aliphatic carbocycles. The van der Waals surface area contributed by atoms with Gasteiger partial charge in [-0.15, -0.1) is 0 Å². The quantitative estimate of drug-likeness (QED) is 0.779. The minimum Gasteiger partial charge on any atom is -0.465 e. The average molecular weight is 276 g/mol. The van der Waals surface area contributed by atoms with Crippen molar-refractivity contribution in [2.75, 3.05) is 18.5 Å². The van der Waals surface area contributed by atoms with Gasteiger partial charge < -0.3 is 15.4 Å². The molecular formula is C14H16N2O4. The van der Waals surface area contributed by atoms with Crippen molar-refractivity contribution in [2.24, 2.45) is 0 Å². The maximum absolute atomic E-state index is 11.8. The molecule has 1 aliphatic heterocycles. The normalized spacial score (nSPS) is 16.2. The molecule has 106 valence electrons. The lowest BCUT2D eigenvalue weighted by Gasteiger charge is -2.09. The van der Waals surface area contributed by atoms with Crippen LogP contribution in [0.5, 0.6) is 0 Å². The Hall–Kier alpha value is -2.37. The van der Waals surface area contributed by atoms with Gasteiger partial charge in [0, 0.05) is 12.1 Å². The fourth-order valence-electron chi connectivity index (χ4n) is 2.12. The lowest BCUT2D eigenvalue weighted by Crippen LogP contribution is -2.32. The first-order valence-corrected chi connectivity index (χ1v) is 6.44. The molecular weight excluding hydrogens is 260 g/mol. The Labute approximate surface area is 116 Å². The number of ether oxygens (including phenoxy) is 1. The number of carbonyl (C=O) groups excluding carboxylic acids is 3. The van der Waals surface area contributed by atoms with E-state index in [0.717, 1.165) is 11.3 Å². The first-order chi connectivity index (χ1) is 9.61. The van der Waals surface area contributed by atoms with Gasteiger partial charge in [0.05, 0.1) is 12.5 Å². The summed E-state index contributed by atoms with van der Waals surface area (Å²) in [5.74, 6) is -1.54. The predicted octanol–water partition coefficient (Wildman–Crippen LogP) is 0.792. The van der Waals surface area contributed by atoms with E-state index in [1.807, 2.05) is 18.2 Å². The number of carbonyl (C=O) groups is 3. The summed E-state index contributed by atoms with van der Waals surface area (Å²) in [6, 6.07) is 7.26. The van der Waals surface area contributed by atoms with Crippen molar-refractivity contribution < 1.29 is 19.1 Å². The molecule has 6 heteroatoms. The summed E-state index contributed by atoms with van der Waals surface area (Å²) in [6.45, 7) is 1.79. The van der Waals surface area contributed by atoms with E-state index in [-0.39, 0.29) is 31.4 Å². The van der Waals surface area contributed by atoms with Gasteiger partial charge in [-0.1, -0.05) is 18.2 Å². The third kappa shape index (κ3) is 3.14. The number of para-hydroxylation sites is 1. The van der Waals surface area contributed by atoms with E-state index in [1.165, 1.54) is 0 Å². The molecule has 1 unspecified atom stereocenters. The first-order valence-electron chi connectivity index (χ1n) is 6.44. The third-order valence-electron chi connectivity index (χ3n) is 3.04. The van der Waals surface area contributed by atoms with E-state index in [0.29, 0.717) is 0 Å². The maximum Gasteiger partial charge on any atom is 0.325 e. The summed E-state index contributed by atoms with van der Waals surface area (Å²) in [5, 5.41) is 5.18. The van der Waals surface area contributed by atoms with Gasteiger partial charge in [0.25, 0.3) is 0 Å². The highest BCUT2D eigenvalue weighted by Gasteiger charge is 2.31. The van der Waals surface area contributed by atoms with Crippen molar-refractivity contribution in [3.8, 4) is 0 Å². The van der Waals surface area contributed by atoms with Crippen LogP contribution >= 0.6 is 0 Å². The molecule has 2 N–H and O–H groups in total. The Balaban J connectivity index is 1.92. The number of benzene rings is 1. The second-order valence-electron chi connectivity index (χ2n) is 4.41. The zero-order valence-electron chi connectivity index (χ0n) is 11.1. The van der Waals surface area contributed by atoms with Crippen LogP contribution in [0.2, 0.25) is 0 Å². The first kappa shape index (κ1) is 14.0. The van der Waals surface area contributed by atoms with Crippen LogP contribution in [-0.2, 0) is 19.1 Å². The average Bonchev–Trinajstić information content (AvgIpc) is 2.73. The van der Waals surface area contributed by atoms with Crippen LogP contribution in [-0.4, -0.2) is 30.9 Å². The number of fused-ring (bicyclic) bond motifs is 1. The third-order valence-corrected chi connectivity index (χ3v) is 3.04. The van der Waals surface area contributed by atoms with Gasteiger partial charge in [-0.2, -0.15) is 0 Å². The summed E-state index contributed by atoms with van der Waals surface area (Å²) in [4.78, 5) is 34.7. The fourth-order valence-corrected chi connectivity index (χ4v) is 2.12. The number of anilines is 1. The van der Waals surface area contributed by atoms with Crippen LogP contribution in [0.15, 0.2) is 24.3 Å². The molecule has 1 aromatic carbocycles. The lowest BCUT2D eigenvalue weighted by molar-refractivity contribution is -0.143. The van der Waals surface area contributed by atoms with Crippen LogP contribution in [0.25, 0.3) is 0 Å². The van der Waals surface area contributed by atoms with Gasteiger partial charge in [-0.3, -0.25) is 14.4 Å². The smallest absolute Gasteiger partial charge is 0.325 e. The highest BCUT2D eigenvalue weighted by molar-refractivity contribution is 6.05. The Bertz CT molecular complexity index is 542. The SMILES string of the molecule is CCOC(=O)CNC(=O)CC1C(=O)Nc2ccccc21. The highest BCUT2D eigenvalue weighted by Crippen LogP contribution is 2.34. The van der Waals surface area contributed by atoms with E-state index in [9.17, 15) is 14.4 Å². The van der Waals surface area contributed by atoms with Crippen molar-refractivity contribution >= 4 is 23.5 Å². The number of amides is 2. The number of nitrogens with one attached hydrogen (secondary N) is 2. The Morgan fingerprint density at radius 1 is 1.35 bits per heavy atom. The molecule has 0 fully saturated rings. The van der Waals surface area contributed by atoms with Crippen molar-refractivity contribution in [1.29, 1.82) is 0 Å². The Kier molecular flexibility index (Phi) is 4.34. The molecule has 1 aliphatic rings. The van der Waals surface area contributed by atoms with Gasteiger partial charge in [0.1, 0.15) is 6.54 Å². The van der Waals surface area contributed by atoms with Crippen LogP contribution in [0.3, 0.4) is 0 Å². The fraction of sp³-hybridized carbons (Fsp3) is 0.357. The van der Waals surface area contributed by atoms with E-state index in [4.69, 9.17) is 4.74 Å². The van der Waals surface area contributed by atoms with Crippen molar-refractivity contribution in [1.82, 2.24) is 5.32 Å². The molecule has 0 radical (unpaired) electrons. The summed E-state index contributed by atoms with van der Waals surface area (Å²) in [7, 11) is 0. The minimum absolute atomic E-state index is 0.0161. The molecule has 6 nitrogen and oxygen atoms in total. The zero-order chi connectivity index (χ0) is 14.5. The zero-order valence-corrected chi connectivity index (χ0v) is 11.1. The molecule has 20 heavy (non-hydrogen) atoms. The maximum atomic E-state index is 11.8. The van der Waals surface area contributed by atoms with E-state index in [1.54, 1.807) is 13.0 Å². The van der Waals surface area contributed by atoms with Gasteiger partial charge in [0.2, 0.25) is 11.8 Å². The highest BCUT2D eigenvalue weighted by atomic mass is 16.5. The number of hydrogen-bond acceptors (Lipinski definition) is 4. The van der Waals surface area contributed by atoms with E-state index >= 15 is 0 Å². The second kappa shape index (κ2) is 6.18. The molecule has 2 amide bonds. The van der Waals surface area contributed by atoms with Crippen molar-refractivity contribution in [3.05, 3.63) is 29.8 Å². The van der Waals surface area contributed by atoms with Gasteiger partial charge in [0.15, 0.2) is 0 Å². The topological polar surface area (TPSA) is 84.5 Å². The second-order valence-corrected chi connectivity index (χ2v) is 4.41. The van der Waals surface area contributed by atoms with Gasteiger partial charge in [-0.05, 0) is 18.6 Å². The molecule has 2 rings (SSSR count). The largest absolute Gasteiger partial charge is 0.465 e. The monoisotopic (exact) mass is 276 g/mol. The number of rotatable bonds is 5. The Morgan fingerprint density at radius 3 is 2.85 bits per heavy atom. The number of hydrogen-bond donors (Lipinski definition) is 2. The molecule has 0 saturated heterocycles. The van der Waals surface area contributed by atoms with Crippen LogP contribution in [0.4, 0.5) is 5.69 Å². The summed E-state index contributed by atoms with van der Waals surface area (Å²) >= 11 is 0. The van der Waals surface area contributed by atoms with E-state index in [2.05, 4.69) is 10.6 Å². The van der Waals surface area contributed by atoms with Crippen LogP contribution in [0.1, 0.15) is 24.8 Å². The molecule has 0 saturated carbocycles. The molecule has 1 aromatic rings. The van der Waals surface area contributed by atoms with Gasteiger partial charge in [-0.25, -0.2) is 0 Å². The van der Waals surface area contributed by atoms with E-state index < -0.39 is 11.9 Å². The van der Waals surface area contributed by atoms with Crippen molar-refractivity contribution in [3.63, 3.8) is 0 Å². The molecule has 0 spiro atoms. The lowest BCUT2D eigenvalue weighted by atomic mass is 9.97. The molecule has 1 atom stereocenters. The van der Waals surface area contributed by atoms with Crippen LogP contribution in [0, 0.1) is 0 Å². The standard InChI is InChI=1S/C14H16N2O4/c1-2-20-13(18)8-15-12(17)7-10-9-5-3-4-6-11(9)16-14(10)19/h3-6,10H,2,7-8H2,1H3,(H,15,17)(H,16,19). The van der Waals surface area contributed by atoms with Crippen LogP contribution < -0.4 is 10.6 Å². The van der Waals surface area contributed by atoms with Crippen molar-refractivity contribution in [2.45, 2.75) is 19.3 Å². The predicted molar refractivity (Wildman–Crippen MR) is 72.1 cm³/mol. The summed E-state index contributed by atoms with van der Waals surface area (Å²) in [5.41, 5.74) is 1.55. The molecule has 0 aromatic heterocycles. The summed E-state index contributed by atoms with van der Waals surface area (Å²) in [6.07, 6.45) is 0.0161. The summed E-state index contributed by atoms with van der Waals surface area (Å²) < 4.78 is 4.71. The Morgan fingerprint density at radius 2 is 2.10 bits per heavy atom. The van der Waals surface area contributed by atoms with Gasteiger partial charge >= 0.3 is 5.97 Å².